The van der Waals surface area contributed by atoms with E-state index in [4.69, 9.17) is 9.47 Å². The van der Waals surface area contributed by atoms with Crippen molar-refractivity contribution >= 4 is 5.97 Å². The minimum Gasteiger partial charge on any atom is -0.434 e. The van der Waals surface area contributed by atoms with Crippen molar-refractivity contribution in [1.29, 1.82) is 0 Å². The van der Waals surface area contributed by atoms with Crippen LogP contribution in [0.2, 0.25) is 0 Å². The van der Waals surface area contributed by atoms with Crippen molar-refractivity contribution in [3.63, 3.8) is 0 Å². The van der Waals surface area contributed by atoms with Gasteiger partial charge in [0.05, 0.1) is 13.2 Å². The Kier molecular flexibility index (Phi) is 5.05. The topological polar surface area (TPSA) is 38.8 Å². The highest BCUT2D eigenvalue weighted by Crippen LogP contribution is 2.26. The molecule has 2 aromatic rings. The van der Waals surface area contributed by atoms with Crippen molar-refractivity contribution in [2.75, 3.05) is 26.7 Å². The minimum absolute atomic E-state index is 0.275. The summed E-state index contributed by atoms with van der Waals surface area (Å²) in [5, 5.41) is 0. The van der Waals surface area contributed by atoms with E-state index in [2.05, 4.69) is 4.90 Å². The maximum atomic E-state index is 12.8. The molecule has 0 aromatic heterocycles. The van der Waals surface area contributed by atoms with Gasteiger partial charge in [0, 0.05) is 6.54 Å². The van der Waals surface area contributed by atoms with E-state index in [0.717, 1.165) is 17.7 Å². The molecule has 0 saturated carbocycles. The number of likely N-dealkylation sites (N-methyl/N-ethyl adjacent to an activating group) is 1. The Hall–Kier alpha value is -2.17. The Morgan fingerprint density at radius 1 is 1.09 bits per heavy atom. The summed E-state index contributed by atoms with van der Waals surface area (Å²) in [5.41, 5.74) is 1.85. The maximum Gasteiger partial charge on any atom is 0.320 e. The second-order valence-electron chi connectivity index (χ2n) is 5.75. The number of hydrogen-bond acceptors (Lipinski definition) is 4. The van der Waals surface area contributed by atoms with E-state index in [-0.39, 0.29) is 5.97 Å². The van der Waals surface area contributed by atoms with Crippen molar-refractivity contribution in [2.45, 2.75) is 12.2 Å². The van der Waals surface area contributed by atoms with Gasteiger partial charge < -0.3 is 9.47 Å². The number of carbonyl (C=O) groups excluding carboxylic acids is 1. The van der Waals surface area contributed by atoms with Gasteiger partial charge in [-0.25, -0.2) is 0 Å². The van der Waals surface area contributed by atoms with Crippen LogP contribution in [0.3, 0.4) is 0 Å². The van der Waals surface area contributed by atoms with Gasteiger partial charge in [0.15, 0.2) is 0 Å². The Balaban J connectivity index is 1.82. The molecule has 0 aliphatic carbocycles. The fourth-order valence-electron chi connectivity index (χ4n) is 2.76. The molecule has 0 N–H and O–H groups in total. The number of morpholine rings is 1. The second-order valence-corrected chi connectivity index (χ2v) is 5.75. The summed E-state index contributed by atoms with van der Waals surface area (Å²) < 4.78 is 11.2. The monoisotopic (exact) mass is 311 g/mol. The lowest BCUT2D eigenvalue weighted by molar-refractivity contribution is -0.193. The number of hydrogen-bond donors (Lipinski definition) is 0. The van der Waals surface area contributed by atoms with Crippen LogP contribution in [-0.4, -0.2) is 43.9 Å². The SMILES string of the molecule is CN1CCOC(OC(=O)C(c2ccccc2)c2ccccc2)C1. The van der Waals surface area contributed by atoms with Crippen LogP contribution in [-0.2, 0) is 14.3 Å². The maximum absolute atomic E-state index is 12.8. The van der Waals surface area contributed by atoms with E-state index in [1.165, 1.54) is 0 Å². The molecular weight excluding hydrogens is 290 g/mol. The second kappa shape index (κ2) is 7.40. The molecule has 1 heterocycles. The van der Waals surface area contributed by atoms with Gasteiger partial charge in [0.25, 0.3) is 0 Å². The Bertz CT molecular complexity index is 590. The first-order valence-electron chi connectivity index (χ1n) is 7.84. The summed E-state index contributed by atoms with van der Waals surface area (Å²) in [6, 6.07) is 19.4. The Morgan fingerprint density at radius 2 is 1.65 bits per heavy atom. The summed E-state index contributed by atoms with van der Waals surface area (Å²) in [7, 11) is 2.00. The van der Waals surface area contributed by atoms with Crippen molar-refractivity contribution in [3.8, 4) is 0 Å². The third kappa shape index (κ3) is 3.97. The van der Waals surface area contributed by atoms with Gasteiger partial charge in [-0.1, -0.05) is 60.7 Å². The summed E-state index contributed by atoms with van der Waals surface area (Å²) >= 11 is 0. The zero-order valence-electron chi connectivity index (χ0n) is 13.2. The summed E-state index contributed by atoms with van der Waals surface area (Å²) in [6.07, 6.45) is -0.504. The fourth-order valence-corrected chi connectivity index (χ4v) is 2.76. The summed E-state index contributed by atoms with van der Waals surface area (Å²) in [6.45, 7) is 2.03. The lowest BCUT2D eigenvalue weighted by Crippen LogP contribution is -2.42. The molecule has 1 saturated heterocycles. The van der Waals surface area contributed by atoms with Crippen LogP contribution in [0, 0.1) is 0 Å². The van der Waals surface area contributed by atoms with Gasteiger partial charge in [-0.15, -0.1) is 0 Å². The van der Waals surface area contributed by atoms with Crippen LogP contribution in [0.1, 0.15) is 17.0 Å². The van der Waals surface area contributed by atoms with E-state index < -0.39 is 12.2 Å². The van der Waals surface area contributed by atoms with Crippen LogP contribution in [0.5, 0.6) is 0 Å². The summed E-state index contributed by atoms with van der Waals surface area (Å²) in [4.78, 5) is 14.9. The average Bonchev–Trinajstić information content (AvgIpc) is 2.57. The molecule has 0 spiro atoms. The molecule has 4 nitrogen and oxygen atoms in total. The third-order valence-corrected chi connectivity index (χ3v) is 3.99. The molecule has 0 amide bonds. The zero-order chi connectivity index (χ0) is 16.1. The van der Waals surface area contributed by atoms with Crippen LogP contribution in [0.25, 0.3) is 0 Å². The molecule has 0 radical (unpaired) electrons. The van der Waals surface area contributed by atoms with E-state index in [9.17, 15) is 4.79 Å². The van der Waals surface area contributed by atoms with E-state index in [1.807, 2.05) is 67.7 Å². The molecule has 0 bridgehead atoms. The van der Waals surface area contributed by atoms with Gasteiger partial charge in [-0.2, -0.15) is 0 Å². The van der Waals surface area contributed by atoms with Gasteiger partial charge >= 0.3 is 5.97 Å². The van der Waals surface area contributed by atoms with E-state index in [1.54, 1.807) is 0 Å². The van der Waals surface area contributed by atoms with E-state index >= 15 is 0 Å². The average molecular weight is 311 g/mol. The number of esters is 1. The van der Waals surface area contributed by atoms with Crippen LogP contribution < -0.4 is 0 Å². The van der Waals surface area contributed by atoms with Crippen molar-refractivity contribution in [2.24, 2.45) is 0 Å². The molecule has 120 valence electrons. The summed E-state index contributed by atoms with van der Waals surface area (Å²) in [5.74, 6) is -0.712. The predicted molar refractivity (Wildman–Crippen MR) is 88.1 cm³/mol. The highest BCUT2D eigenvalue weighted by atomic mass is 16.7. The van der Waals surface area contributed by atoms with Gasteiger partial charge in [0.1, 0.15) is 5.92 Å². The van der Waals surface area contributed by atoms with Crippen molar-refractivity contribution in [1.82, 2.24) is 4.90 Å². The molecule has 23 heavy (non-hydrogen) atoms. The highest BCUT2D eigenvalue weighted by molar-refractivity contribution is 5.82. The zero-order valence-corrected chi connectivity index (χ0v) is 13.2. The molecule has 1 fully saturated rings. The molecular formula is C19H21NO3. The minimum atomic E-state index is -0.504. The number of benzene rings is 2. The third-order valence-electron chi connectivity index (χ3n) is 3.99. The first kappa shape index (κ1) is 15.7. The van der Waals surface area contributed by atoms with Gasteiger partial charge in [0.2, 0.25) is 6.29 Å². The van der Waals surface area contributed by atoms with Crippen molar-refractivity contribution < 1.29 is 14.3 Å². The quantitative estimate of drug-likeness (QED) is 0.814. The molecule has 1 unspecified atom stereocenters. The molecule has 2 aromatic carbocycles. The van der Waals surface area contributed by atoms with Crippen LogP contribution in [0.15, 0.2) is 60.7 Å². The number of rotatable bonds is 4. The van der Waals surface area contributed by atoms with E-state index in [0.29, 0.717) is 13.2 Å². The molecule has 3 rings (SSSR count). The largest absolute Gasteiger partial charge is 0.434 e. The standard InChI is InChI=1S/C19H21NO3/c1-20-12-13-22-17(14-20)23-19(21)18(15-8-4-2-5-9-15)16-10-6-3-7-11-16/h2-11,17-18H,12-14H2,1H3. The van der Waals surface area contributed by atoms with Gasteiger partial charge in [-0.05, 0) is 18.2 Å². The molecule has 1 aliphatic rings. The molecule has 4 heteroatoms. The normalized spacial score (nSPS) is 18.8. The molecule has 1 atom stereocenters. The number of carbonyl (C=O) groups is 1. The van der Waals surface area contributed by atoms with Crippen molar-refractivity contribution in [3.05, 3.63) is 71.8 Å². The molecule has 1 aliphatic heterocycles. The highest BCUT2D eigenvalue weighted by Gasteiger charge is 2.28. The Labute approximate surface area is 136 Å². The van der Waals surface area contributed by atoms with Gasteiger partial charge in [-0.3, -0.25) is 9.69 Å². The van der Waals surface area contributed by atoms with Crippen LogP contribution >= 0.6 is 0 Å². The Morgan fingerprint density at radius 3 is 2.17 bits per heavy atom. The first-order chi connectivity index (χ1) is 11.2. The first-order valence-corrected chi connectivity index (χ1v) is 7.84. The lowest BCUT2D eigenvalue weighted by atomic mass is 9.91. The number of ether oxygens (including phenoxy) is 2. The number of nitrogens with zero attached hydrogens (tertiary/aromatic N) is 1. The fraction of sp³-hybridized carbons (Fsp3) is 0.316. The predicted octanol–water partition coefficient (Wildman–Crippen LogP) is 2.65. The smallest absolute Gasteiger partial charge is 0.320 e. The van der Waals surface area contributed by atoms with Crippen LogP contribution in [0.4, 0.5) is 0 Å². The lowest BCUT2D eigenvalue weighted by Gasteiger charge is -2.30.